The number of thiazole rings is 1. The second-order valence-electron chi connectivity index (χ2n) is 4.22. The number of hydrogen-bond donors (Lipinski definition) is 1. The van der Waals surface area contributed by atoms with Gasteiger partial charge in [0.1, 0.15) is 0 Å². The molecule has 0 bridgehead atoms. The van der Waals surface area contributed by atoms with E-state index in [1.54, 1.807) is 17.5 Å². The van der Waals surface area contributed by atoms with Gasteiger partial charge in [-0.05, 0) is 0 Å². The number of nitrogens with two attached hydrogens (primary N) is 1. The van der Waals surface area contributed by atoms with Crippen LogP contribution < -0.4 is 5.73 Å². The van der Waals surface area contributed by atoms with E-state index in [-0.39, 0.29) is 0 Å². The number of benzene rings is 1. The van der Waals surface area contributed by atoms with Gasteiger partial charge in [-0.3, -0.25) is 0 Å². The van der Waals surface area contributed by atoms with Crippen molar-refractivity contribution in [1.29, 1.82) is 0 Å². The summed E-state index contributed by atoms with van der Waals surface area (Å²) in [5.41, 5.74) is 7.90. The van der Waals surface area contributed by atoms with Crippen LogP contribution in [0.2, 0.25) is 0 Å². The summed E-state index contributed by atoms with van der Waals surface area (Å²) in [6, 6.07) is 10.1. The molecule has 0 aliphatic carbocycles. The third-order valence-electron chi connectivity index (χ3n) is 2.94. The van der Waals surface area contributed by atoms with Gasteiger partial charge in [0.25, 0.3) is 0 Å². The zero-order valence-corrected chi connectivity index (χ0v) is 11.4. The lowest BCUT2D eigenvalue weighted by molar-refractivity contribution is 0.923. The second-order valence-corrected chi connectivity index (χ2v) is 5.31. The Bertz CT molecular complexity index is 685. The highest BCUT2D eigenvalue weighted by Gasteiger charge is 2.15. The predicted octanol–water partition coefficient (Wildman–Crippen LogP) is 2.67. The minimum Gasteiger partial charge on any atom is -0.332 e. The van der Waals surface area contributed by atoms with Crippen LogP contribution in [-0.4, -0.2) is 14.5 Å². The Hall–Kier alpha value is -1.98. The molecule has 2 heterocycles. The highest BCUT2D eigenvalue weighted by Crippen LogP contribution is 2.32. The van der Waals surface area contributed by atoms with Crippen molar-refractivity contribution in [3.05, 3.63) is 47.6 Å². The predicted molar refractivity (Wildman–Crippen MR) is 77.6 cm³/mol. The van der Waals surface area contributed by atoms with Gasteiger partial charge in [0, 0.05) is 36.4 Å². The van der Waals surface area contributed by atoms with Crippen molar-refractivity contribution in [2.24, 2.45) is 12.8 Å². The number of rotatable bonds is 3. The molecule has 5 heteroatoms. The summed E-state index contributed by atoms with van der Waals surface area (Å²) < 4.78 is 1.97. The summed E-state index contributed by atoms with van der Waals surface area (Å²) in [4.78, 5) is 10.1. The minimum atomic E-state index is 0.492. The van der Waals surface area contributed by atoms with Gasteiger partial charge in [-0.15, -0.1) is 11.3 Å². The van der Waals surface area contributed by atoms with Crippen LogP contribution in [0.15, 0.2) is 42.7 Å². The molecule has 0 aliphatic heterocycles. The Kier molecular flexibility index (Phi) is 3.15. The van der Waals surface area contributed by atoms with Crippen LogP contribution in [0.4, 0.5) is 0 Å². The summed E-state index contributed by atoms with van der Waals surface area (Å²) in [5.74, 6) is 0.877. The molecule has 3 rings (SSSR count). The minimum absolute atomic E-state index is 0.492. The van der Waals surface area contributed by atoms with Crippen LogP contribution in [0, 0.1) is 0 Å². The normalized spacial score (nSPS) is 10.8. The monoisotopic (exact) mass is 270 g/mol. The van der Waals surface area contributed by atoms with E-state index >= 15 is 0 Å². The van der Waals surface area contributed by atoms with E-state index in [4.69, 9.17) is 10.7 Å². The molecule has 4 nitrogen and oxygen atoms in total. The maximum absolute atomic E-state index is 5.84. The molecule has 0 fully saturated rings. The van der Waals surface area contributed by atoms with Crippen molar-refractivity contribution in [2.45, 2.75) is 6.54 Å². The zero-order chi connectivity index (χ0) is 13.2. The van der Waals surface area contributed by atoms with E-state index in [2.05, 4.69) is 17.1 Å². The molecule has 0 atom stereocenters. The molecule has 0 saturated carbocycles. The largest absolute Gasteiger partial charge is 0.332 e. The Morgan fingerprint density at radius 1 is 1.26 bits per heavy atom. The molecule has 1 aromatic carbocycles. The molecule has 0 spiro atoms. The molecule has 19 heavy (non-hydrogen) atoms. The van der Waals surface area contributed by atoms with Gasteiger partial charge < -0.3 is 10.3 Å². The molecular formula is C14H14N4S. The molecule has 2 N–H and O–H groups in total. The smallest absolute Gasteiger partial charge is 0.168 e. The van der Waals surface area contributed by atoms with Crippen LogP contribution in [-0.2, 0) is 13.6 Å². The van der Waals surface area contributed by atoms with E-state index in [1.165, 1.54) is 0 Å². The SMILES string of the molecule is Cn1ccnc1-c1nc(-c2ccccc2)c(CN)s1. The summed E-state index contributed by atoms with van der Waals surface area (Å²) in [5, 5.41) is 0.909. The highest BCUT2D eigenvalue weighted by molar-refractivity contribution is 7.15. The van der Waals surface area contributed by atoms with Crippen molar-refractivity contribution in [1.82, 2.24) is 14.5 Å². The number of aryl methyl sites for hydroxylation is 1. The van der Waals surface area contributed by atoms with E-state index < -0.39 is 0 Å². The molecule has 0 amide bonds. The fraction of sp³-hybridized carbons (Fsp3) is 0.143. The van der Waals surface area contributed by atoms with Crippen LogP contribution in [0.3, 0.4) is 0 Å². The van der Waals surface area contributed by atoms with Gasteiger partial charge in [-0.25, -0.2) is 9.97 Å². The van der Waals surface area contributed by atoms with E-state index in [1.807, 2.05) is 36.0 Å². The first-order valence-electron chi connectivity index (χ1n) is 6.02. The van der Waals surface area contributed by atoms with Gasteiger partial charge in [0.2, 0.25) is 0 Å². The standard InChI is InChI=1S/C14H14N4S/c1-18-8-7-16-13(18)14-17-12(11(9-15)19-14)10-5-3-2-4-6-10/h2-8H,9,15H2,1H3. The fourth-order valence-electron chi connectivity index (χ4n) is 1.98. The quantitative estimate of drug-likeness (QED) is 0.796. The highest BCUT2D eigenvalue weighted by atomic mass is 32.1. The van der Waals surface area contributed by atoms with Crippen molar-refractivity contribution in [3.63, 3.8) is 0 Å². The first kappa shape index (κ1) is 12.1. The Balaban J connectivity index is 2.12. The van der Waals surface area contributed by atoms with Crippen LogP contribution in [0.25, 0.3) is 22.1 Å². The van der Waals surface area contributed by atoms with E-state index in [9.17, 15) is 0 Å². The topological polar surface area (TPSA) is 56.7 Å². The third kappa shape index (κ3) is 2.18. The molecule has 0 saturated heterocycles. The second kappa shape index (κ2) is 4.95. The van der Waals surface area contributed by atoms with Crippen LogP contribution in [0.1, 0.15) is 4.88 Å². The van der Waals surface area contributed by atoms with Crippen LogP contribution in [0.5, 0.6) is 0 Å². The van der Waals surface area contributed by atoms with Gasteiger partial charge in [-0.1, -0.05) is 30.3 Å². The van der Waals surface area contributed by atoms with Gasteiger partial charge in [0.15, 0.2) is 10.8 Å². The molecule has 0 unspecified atom stereocenters. The average Bonchev–Trinajstić information content (AvgIpc) is 3.05. The third-order valence-corrected chi connectivity index (χ3v) is 4.02. The van der Waals surface area contributed by atoms with Crippen molar-refractivity contribution >= 4 is 11.3 Å². The van der Waals surface area contributed by atoms with Crippen molar-refractivity contribution < 1.29 is 0 Å². The first-order chi connectivity index (χ1) is 9.29. The van der Waals surface area contributed by atoms with Crippen molar-refractivity contribution in [2.75, 3.05) is 0 Å². The van der Waals surface area contributed by atoms with E-state index in [0.717, 1.165) is 27.0 Å². The summed E-state index contributed by atoms with van der Waals surface area (Å²) in [7, 11) is 1.97. The zero-order valence-electron chi connectivity index (χ0n) is 10.6. The molecule has 0 aliphatic rings. The summed E-state index contributed by atoms with van der Waals surface area (Å²) in [6.45, 7) is 0.492. The summed E-state index contributed by atoms with van der Waals surface area (Å²) >= 11 is 1.61. The first-order valence-corrected chi connectivity index (χ1v) is 6.84. The number of nitrogens with zero attached hydrogens (tertiary/aromatic N) is 3. The maximum Gasteiger partial charge on any atom is 0.168 e. The van der Waals surface area contributed by atoms with Gasteiger partial charge in [0.05, 0.1) is 5.69 Å². The van der Waals surface area contributed by atoms with E-state index in [0.29, 0.717) is 6.54 Å². The maximum atomic E-state index is 5.84. The Morgan fingerprint density at radius 2 is 2.05 bits per heavy atom. The molecule has 3 aromatic rings. The lowest BCUT2D eigenvalue weighted by atomic mass is 10.1. The Labute approximate surface area is 115 Å². The average molecular weight is 270 g/mol. The molecular weight excluding hydrogens is 256 g/mol. The number of imidazole rings is 1. The van der Waals surface area contributed by atoms with Crippen LogP contribution >= 0.6 is 11.3 Å². The van der Waals surface area contributed by atoms with Gasteiger partial charge >= 0.3 is 0 Å². The van der Waals surface area contributed by atoms with Crippen molar-refractivity contribution in [3.8, 4) is 22.1 Å². The van der Waals surface area contributed by atoms with Gasteiger partial charge in [-0.2, -0.15) is 0 Å². The molecule has 96 valence electrons. The lowest BCUT2D eigenvalue weighted by Crippen LogP contribution is -1.95. The number of aromatic nitrogens is 3. The molecule has 0 radical (unpaired) electrons. The molecule has 2 aromatic heterocycles. The Morgan fingerprint density at radius 3 is 2.68 bits per heavy atom. The number of hydrogen-bond acceptors (Lipinski definition) is 4. The lowest BCUT2D eigenvalue weighted by Gasteiger charge is -1.98. The fourth-order valence-corrected chi connectivity index (χ4v) is 2.98. The summed E-state index contributed by atoms with van der Waals surface area (Å²) in [6.07, 6.45) is 3.70.